The van der Waals surface area contributed by atoms with Gasteiger partial charge in [-0.25, -0.2) is 9.97 Å². The van der Waals surface area contributed by atoms with E-state index >= 15 is 0 Å². The Balaban J connectivity index is 0.00000112. The normalized spacial score (nSPS) is 14.2. The molecule has 2 heterocycles. The Hall–Kier alpha value is -2.26. The van der Waals surface area contributed by atoms with Crippen molar-refractivity contribution in [3.05, 3.63) is 59.4 Å². The van der Waals surface area contributed by atoms with Crippen molar-refractivity contribution in [2.75, 3.05) is 10.2 Å². The van der Waals surface area contributed by atoms with Crippen molar-refractivity contribution in [2.45, 2.75) is 38.0 Å². The number of alkyl halides is 1. The lowest BCUT2D eigenvalue weighted by Crippen LogP contribution is -2.06. The Morgan fingerprint density at radius 3 is 2.48 bits per heavy atom. The Bertz CT molecular complexity index is 1160. The van der Waals surface area contributed by atoms with Crippen LogP contribution in [0.4, 0.5) is 11.8 Å². The van der Waals surface area contributed by atoms with Crippen LogP contribution in [0.1, 0.15) is 43.8 Å². The van der Waals surface area contributed by atoms with Crippen LogP contribution in [-0.4, -0.2) is 30.1 Å². The van der Waals surface area contributed by atoms with E-state index in [1.165, 1.54) is 32.1 Å². The van der Waals surface area contributed by atoms with Crippen LogP contribution in [0.5, 0.6) is 0 Å². The number of benzene rings is 2. The predicted molar refractivity (Wildman–Crippen MR) is 135 cm³/mol. The molecule has 31 heavy (non-hydrogen) atoms. The summed E-state index contributed by atoms with van der Waals surface area (Å²) in [7, 11) is 0. The first kappa shape index (κ1) is 22.0. The van der Waals surface area contributed by atoms with Crippen LogP contribution in [0.25, 0.3) is 22.3 Å². The number of H-pyrrole nitrogens is 1. The minimum Gasteiger partial charge on any atom is -0.307 e. The highest BCUT2D eigenvalue weighted by Crippen LogP contribution is 2.32. The van der Waals surface area contributed by atoms with E-state index in [0.29, 0.717) is 28.5 Å². The number of aromatic nitrogens is 5. The molecule has 0 aliphatic heterocycles. The predicted octanol–water partition coefficient (Wildman–Crippen LogP) is 6.91. The molecule has 2 aromatic heterocycles. The Morgan fingerprint density at radius 1 is 0.935 bits per heavy atom. The third-order valence-corrected chi connectivity index (χ3v) is 5.77. The first-order valence-corrected chi connectivity index (χ1v) is 12.9. The van der Waals surface area contributed by atoms with E-state index in [-0.39, 0.29) is 0 Å². The maximum absolute atomic E-state index is 6.38. The number of anilines is 2. The lowest BCUT2D eigenvalue weighted by molar-refractivity contribution is 0.429. The molecular weight excluding hydrogens is 523 g/mol. The molecule has 2 N–H and O–H groups in total. The molecule has 0 saturated heterocycles. The van der Waals surface area contributed by atoms with Gasteiger partial charge in [0.15, 0.2) is 5.82 Å². The number of halogens is 2. The molecule has 0 bridgehead atoms. The van der Waals surface area contributed by atoms with Crippen LogP contribution >= 0.6 is 34.2 Å². The van der Waals surface area contributed by atoms with Crippen LogP contribution in [-0.2, 0) is 0 Å². The zero-order valence-electron chi connectivity index (χ0n) is 17.3. The summed E-state index contributed by atoms with van der Waals surface area (Å²) in [5, 5.41) is 12.3. The van der Waals surface area contributed by atoms with Crippen molar-refractivity contribution in [1.29, 1.82) is 0 Å². The highest BCUT2D eigenvalue weighted by atomic mass is 127. The van der Waals surface area contributed by atoms with E-state index in [4.69, 9.17) is 26.6 Å². The molecule has 1 aliphatic rings. The molecule has 1 aliphatic carbocycles. The summed E-state index contributed by atoms with van der Waals surface area (Å²) >= 11 is 8.53. The molecule has 4 aromatic rings. The number of hydrogen-bond donors (Lipinski definition) is 2. The second kappa shape index (κ2) is 10.4. The molecule has 2 aromatic carbocycles. The minimum atomic E-state index is 0.465. The van der Waals surface area contributed by atoms with E-state index in [2.05, 4.69) is 38.1 Å². The van der Waals surface area contributed by atoms with Gasteiger partial charge in [0, 0.05) is 16.9 Å². The summed E-state index contributed by atoms with van der Waals surface area (Å²) in [6.45, 7) is 0. The Morgan fingerprint density at radius 2 is 1.68 bits per heavy atom. The molecule has 1 saturated carbocycles. The summed E-state index contributed by atoms with van der Waals surface area (Å²) in [6.07, 6.45) is 6.16. The molecule has 0 spiro atoms. The lowest BCUT2D eigenvalue weighted by Gasteiger charge is -2.18. The zero-order chi connectivity index (χ0) is 21.6. The smallest absolute Gasteiger partial charge is 0.247 e. The van der Waals surface area contributed by atoms with Gasteiger partial charge in [-0.3, -0.25) is 5.10 Å². The van der Waals surface area contributed by atoms with E-state index in [1.807, 2.05) is 53.5 Å². The van der Waals surface area contributed by atoms with Crippen molar-refractivity contribution in [3.63, 3.8) is 0 Å². The first-order chi connectivity index (χ1) is 15.3. The highest BCUT2D eigenvalue weighted by Gasteiger charge is 2.20. The van der Waals surface area contributed by atoms with Gasteiger partial charge in [0.05, 0.1) is 10.5 Å². The summed E-state index contributed by atoms with van der Waals surface area (Å²) < 4.78 is 0. The largest absolute Gasteiger partial charge is 0.307 e. The van der Waals surface area contributed by atoms with Gasteiger partial charge in [-0.05, 0) is 42.0 Å². The molecule has 1 fully saturated rings. The summed E-state index contributed by atoms with van der Waals surface area (Å²) in [5.74, 6) is 3.18. The van der Waals surface area contributed by atoms with E-state index in [1.54, 1.807) is 0 Å². The Labute approximate surface area is 200 Å². The third-order valence-electron chi connectivity index (χ3n) is 5.44. The van der Waals surface area contributed by atoms with Crippen LogP contribution < -0.4 is 5.32 Å². The highest BCUT2D eigenvalue weighted by molar-refractivity contribution is 14.1. The van der Waals surface area contributed by atoms with Gasteiger partial charge in [-0.1, -0.05) is 77.7 Å². The van der Waals surface area contributed by atoms with Crippen molar-refractivity contribution in [2.24, 2.45) is 0 Å². The number of nitrogens with zero attached hydrogens (tertiary/aromatic N) is 4. The summed E-state index contributed by atoms with van der Waals surface area (Å²) in [6, 6.07) is 15.5. The van der Waals surface area contributed by atoms with E-state index in [9.17, 15) is 0 Å². The number of rotatable bonds is 4. The molecule has 5 rings (SSSR count). The SMILES string of the molecule is CI.Clc1ccccc1-c1nc(Nc2n[nH]c(C3CCCCC3)n2)c2ccccc2n1. The summed E-state index contributed by atoms with van der Waals surface area (Å²) in [4.78, 5) is 16.1. The maximum Gasteiger partial charge on any atom is 0.247 e. The van der Waals surface area contributed by atoms with Gasteiger partial charge in [0.2, 0.25) is 5.95 Å². The molecule has 0 unspecified atom stereocenters. The average molecular weight is 547 g/mol. The van der Waals surface area contributed by atoms with E-state index in [0.717, 1.165) is 22.3 Å². The fourth-order valence-corrected chi connectivity index (χ4v) is 4.15. The molecule has 8 heteroatoms. The zero-order valence-corrected chi connectivity index (χ0v) is 20.2. The Kier molecular flexibility index (Phi) is 7.34. The second-order valence-corrected chi connectivity index (χ2v) is 7.80. The minimum absolute atomic E-state index is 0.465. The maximum atomic E-state index is 6.38. The van der Waals surface area contributed by atoms with Gasteiger partial charge < -0.3 is 5.32 Å². The monoisotopic (exact) mass is 546 g/mol. The molecule has 6 nitrogen and oxygen atoms in total. The van der Waals surface area contributed by atoms with Crippen molar-refractivity contribution < 1.29 is 0 Å². The molecule has 0 radical (unpaired) electrons. The number of fused-ring (bicyclic) bond motifs is 1. The van der Waals surface area contributed by atoms with Crippen molar-refractivity contribution in [1.82, 2.24) is 25.1 Å². The fourth-order valence-electron chi connectivity index (χ4n) is 3.93. The standard InChI is InChI=1S/C22H21ClN6.CH3I/c23-17-12-6-4-10-15(17)20-24-18-13-7-5-11-16(18)21(25-20)27-22-26-19(28-29-22)14-8-2-1-3-9-14;1-2/h4-7,10-14H,1-3,8-9H2,(H2,24,25,26,27,28,29);1H3. The number of hydrogen-bond acceptors (Lipinski definition) is 5. The number of aromatic amines is 1. The quantitative estimate of drug-likeness (QED) is 0.215. The summed E-state index contributed by atoms with van der Waals surface area (Å²) in [5.41, 5.74) is 1.63. The van der Waals surface area contributed by atoms with Gasteiger partial charge in [-0.15, -0.1) is 5.10 Å². The van der Waals surface area contributed by atoms with Gasteiger partial charge in [-0.2, -0.15) is 4.98 Å². The number of nitrogens with one attached hydrogen (secondary N) is 2. The molecular formula is C23H24ClIN6. The third kappa shape index (κ3) is 4.98. The van der Waals surface area contributed by atoms with Crippen molar-refractivity contribution >= 4 is 56.9 Å². The van der Waals surface area contributed by atoms with Crippen molar-refractivity contribution in [3.8, 4) is 11.4 Å². The molecule has 0 amide bonds. The van der Waals surface area contributed by atoms with Crippen LogP contribution in [0, 0.1) is 0 Å². The average Bonchev–Trinajstić information content (AvgIpc) is 3.30. The fraction of sp³-hybridized carbons (Fsp3) is 0.304. The topological polar surface area (TPSA) is 79.4 Å². The second-order valence-electron chi connectivity index (χ2n) is 7.40. The van der Waals surface area contributed by atoms with Crippen LogP contribution in [0.3, 0.4) is 0 Å². The van der Waals surface area contributed by atoms with Crippen LogP contribution in [0.2, 0.25) is 5.02 Å². The lowest BCUT2D eigenvalue weighted by atomic mass is 9.89. The van der Waals surface area contributed by atoms with Crippen LogP contribution in [0.15, 0.2) is 48.5 Å². The van der Waals surface area contributed by atoms with Gasteiger partial charge in [0.1, 0.15) is 11.6 Å². The first-order valence-electron chi connectivity index (χ1n) is 10.4. The van der Waals surface area contributed by atoms with E-state index < -0.39 is 0 Å². The van der Waals surface area contributed by atoms with Gasteiger partial charge in [0.25, 0.3) is 0 Å². The van der Waals surface area contributed by atoms with Gasteiger partial charge >= 0.3 is 0 Å². The number of para-hydroxylation sites is 1. The molecule has 160 valence electrons. The molecule has 0 atom stereocenters.